The summed E-state index contributed by atoms with van der Waals surface area (Å²) in [5.74, 6) is 0. The van der Waals surface area contributed by atoms with Crippen molar-refractivity contribution in [2.45, 2.75) is 34.1 Å². The number of aliphatic imine (C=N–C) groups is 1. The van der Waals surface area contributed by atoms with Crippen LogP contribution in [0.25, 0.3) is 4.91 Å². The van der Waals surface area contributed by atoms with Gasteiger partial charge in [0.1, 0.15) is 0 Å². The normalized spacial score (nSPS) is 11.7. The van der Waals surface area contributed by atoms with Crippen LogP contribution in [0.5, 0.6) is 0 Å². The number of benzene rings is 1. The highest BCUT2D eigenvalue weighted by Crippen LogP contribution is 2.28. The second kappa shape index (κ2) is 10.7. The van der Waals surface area contributed by atoms with Gasteiger partial charge in [-0.15, -0.1) is 0 Å². The predicted octanol–water partition coefficient (Wildman–Crippen LogP) is 4.71. The molecule has 1 aromatic rings. The van der Waals surface area contributed by atoms with E-state index in [4.69, 9.17) is 0 Å². The topological polar surface area (TPSA) is 24.4 Å². The van der Waals surface area contributed by atoms with Gasteiger partial charge in [0.25, 0.3) is 0 Å². The van der Waals surface area contributed by atoms with Gasteiger partial charge in [0.05, 0.1) is 0 Å². The summed E-state index contributed by atoms with van der Waals surface area (Å²) in [7, 11) is 3.70. The summed E-state index contributed by atoms with van der Waals surface area (Å²) in [6, 6.07) is 8.60. The van der Waals surface area contributed by atoms with E-state index in [1.54, 1.807) is 18.8 Å². The molecule has 3 heteroatoms. The first-order chi connectivity index (χ1) is 9.21. The third-order valence-electron chi connectivity index (χ3n) is 2.35. The van der Waals surface area contributed by atoms with Crippen molar-refractivity contribution in [3.05, 3.63) is 41.5 Å². The highest BCUT2D eigenvalue weighted by atomic mass is 32.2. The van der Waals surface area contributed by atoms with Crippen LogP contribution in [0.1, 0.15) is 38.3 Å². The van der Waals surface area contributed by atoms with Crippen molar-refractivity contribution in [1.29, 1.82) is 0 Å². The number of hydrogen-bond acceptors (Lipinski definition) is 2. The van der Waals surface area contributed by atoms with Gasteiger partial charge in [-0.3, -0.25) is 4.99 Å². The van der Waals surface area contributed by atoms with E-state index in [0.29, 0.717) is 0 Å². The molecule has 0 saturated heterocycles. The summed E-state index contributed by atoms with van der Waals surface area (Å²) in [6.45, 7) is 8.25. The number of hydrogen-bond donors (Lipinski definition) is 1. The minimum absolute atomic E-state index is 0.935. The maximum absolute atomic E-state index is 4.20. The molecule has 0 aliphatic carbocycles. The van der Waals surface area contributed by atoms with E-state index in [1.165, 1.54) is 16.0 Å². The Morgan fingerprint density at radius 3 is 2.26 bits per heavy atom. The fourth-order valence-electron chi connectivity index (χ4n) is 1.43. The molecule has 0 aromatic heterocycles. The lowest BCUT2D eigenvalue weighted by atomic mass is 10.1. The molecule has 0 spiro atoms. The molecule has 0 bridgehead atoms. The molecule has 0 atom stereocenters. The van der Waals surface area contributed by atoms with E-state index < -0.39 is 0 Å². The summed E-state index contributed by atoms with van der Waals surface area (Å²) >= 11 is 1.67. The van der Waals surface area contributed by atoms with Crippen molar-refractivity contribution in [3.63, 3.8) is 0 Å². The smallest absolute Gasteiger partial charge is 0.160 e. The van der Waals surface area contributed by atoms with Crippen molar-refractivity contribution in [1.82, 2.24) is 5.32 Å². The Hall–Kier alpha value is -1.22. The lowest BCUT2D eigenvalue weighted by Gasteiger charge is -2.09. The first-order valence-electron chi connectivity index (χ1n) is 6.80. The maximum Gasteiger partial charge on any atom is 0.160 e. The molecule has 1 rings (SSSR count). The summed E-state index contributed by atoms with van der Waals surface area (Å²) < 4.78 is 0. The first kappa shape index (κ1) is 17.8. The molecule has 0 fully saturated rings. The van der Waals surface area contributed by atoms with E-state index in [0.717, 1.165) is 11.6 Å². The van der Waals surface area contributed by atoms with Crippen molar-refractivity contribution < 1.29 is 0 Å². The van der Waals surface area contributed by atoms with Gasteiger partial charge in [0.15, 0.2) is 5.17 Å². The van der Waals surface area contributed by atoms with Crippen molar-refractivity contribution in [3.8, 4) is 0 Å². The van der Waals surface area contributed by atoms with Gasteiger partial charge in [0.2, 0.25) is 0 Å². The average Bonchev–Trinajstić information content (AvgIpc) is 2.46. The van der Waals surface area contributed by atoms with Crippen LogP contribution in [0.3, 0.4) is 0 Å². The Labute approximate surface area is 122 Å². The van der Waals surface area contributed by atoms with E-state index >= 15 is 0 Å². The van der Waals surface area contributed by atoms with Crippen LogP contribution in [-0.2, 0) is 0 Å². The fourth-order valence-corrected chi connectivity index (χ4v) is 2.34. The molecule has 1 aromatic carbocycles. The second-order valence-corrected chi connectivity index (χ2v) is 4.75. The molecule has 0 unspecified atom stereocenters. The summed E-state index contributed by atoms with van der Waals surface area (Å²) in [5, 5.41) is 4.03. The zero-order valence-electron chi connectivity index (χ0n) is 12.9. The van der Waals surface area contributed by atoms with Crippen molar-refractivity contribution in [2.75, 3.05) is 14.1 Å². The summed E-state index contributed by atoms with van der Waals surface area (Å²) in [4.78, 5) is 5.45. The lowest BCUT2D eigenvalue weighted by molar-refractivity contribution is 1.18. The third-order valence-corrected chi connectivity index (χ3v) is 3.55. The quantitative estimate of drug-likeness (QED) is 0.639. The van der Waals surface area contributed by atoms with Crippen LogP contribution >= 0.6 is 11.8 Å². The van der Waals surface area contributed by atoms with Gasteiger partial charge in [0, 0.05) is 19.0 Å². The Morgan fingerprint density at radius 1 is 1.26 bits per heavy atom. The van der Waals surface area contributed by atoms with E-state index in [1.807, 2.05) is 20.9 Å². The van der Waals surface area contributed by atoms with E-state index in [-0.39, 0.29) is 0 Å². The van der Waals surface area contributed by atoms with Crippen LogP contribution in [0.4, 0.5) is 0 Å². The molecular formula is C16H26N2S. The Kier molecular flexibility index (Phi) is 9.99. The molecule has 0 aliphatic heterocycles. The molecule has 2 nitrogen and oxygen atoms in total. The van der Waals surface area contributed by atoms with Crippen LogP contribution in [-0.4, -0.2) is 19.3 Å². The van der Waals surface area contributed by atoms with Gasteiger partial charge in [-0.25, -0.2) is 0 Å². The molecule has 0 heterocycles. The molecule has 106 valence electrons. The predicted molar refractivity (Wildman–Crippen MR) is 90.8 cm³/mol. The zero-order chi connectivity index (χ0) is 14.7. The third kappa shape index (κ3) is 6.48. The van der Waals surface area contributed by atoms with E-state index in [9.17, 15) is 0 Å². The molecule has 0 saturated carbocycles. The molecule has 0 aliphatic rings. The Balaban J connectivity index is 0.00000154. The molecule has 19 heavy (non-hydrogen) atoms. The number of nitrogens with zero attached hydrogens (tertiary/aromatic N) is 1. The highest BCUT2D eigenvalue weighted by molar-refractivity contribution is 8.21. The van der Waals surface area contributed by atoms with Crippen LogP contribution in [0.15, 0.2) is 35.3 Å². The van der Waals surface area contributed by atoms with Gasteiger partial charge >= 0.3 is 0 Å². The lowest BCUT2D eigenvalue weighted by Crippen LogP contribution is -2.13. The molecule has 1 N–H and O–H groups in total. The number of allylic oxidation sites excluding steroid dienone is 1. The maximum atomic E-state index is 4.20. The van der Waals surface area contributed by atoms with Gasteiger partial charge in [-0.05, 0) is 18.9 Å². The van der Waals surface area contributed by atoms with E-state index in [2.05, 4.69) is 54.5 Å². The van der Waals surface area contributed by atoms with Crippen molar-refractivity contribution in [2.24, 2.45) is 4.99 Å². The van der Waals surface area contributed by atoms with Crippen LogP contribution in [0.2, 0.25) is 0 Å². The fraction of sp³-hybridized carbons (Fsp3) is 0.438. The number of rotatable bonds is 3. The van der Waals surface area contributed by atoms with Crippen molar-refractivity contribution >= 4 is 21.8 Å². The standard InChI is InChI=1S/C14H20N2S.C2H6/c1-5-6-13(17-14(15-3)16-4)12-9-7-11(2)8-10-12;1-2/h6-10H,5H2,1-4H3,(H,15,16);1-2H3/b13-6+;. The largest absolute Gasteiger partial charge is 0.368 e. The zero-order valence-corrected chi connectivity index (χ0v) is 13.8. The summed E-state index contributed by atoms with van der Waals surface area (Å²) in [6.07, 6.45) is 3.26. The van der Waals surface area contributed by atoms with Gasteiger partial charge in [-0.2, -0.15) is 0 Å². The number of nitrogens with one attached hydrogen (secondary N) is 1. The second-order valence-electron chi connectivity index (χ2n) is 3.72. The molecule has 0 amide bonds. The number of thioether (sulfide) groups is 1. The molecular weight excluding hydrogens is 252 g/mol. The monoisotopic (exact) mass is 278 g/mol. The van der Waals surface area contributed by atoms with Gasteiger partial charge < -0.3 is 5.32 Å². The SMILES string of the molecule is CC.CC/C=C(/SC(=NC)NC)c1ccc(C)cc1. The van der Waals surface area contributed by atoms with Crippen LogP contribution in [0, 0.1) is 6.92 Å². The summed E-state index contributed by atoms with van der Waals surface area (Å²) in [5.41, 5.74) is 2.53. The number of amidine groups is 1. The molecule has 0 radical (unpaired) electrons. The Morgan fingerprint density at radius 2 is 1.84 bits per heavy atom. The van der Waals surface area contributed by atoms with Gasteiger partial charge in [-0.1, -0.05) is 68.4 Å². The number of aryl methyl sites for hydroxylation is 1. The minimum atomic E-state index is 0.935. The first-order valence-corrected chi connectivity index (χ1v) is 7.62. The minimum Gasteiger partial charge on any atom is -0.368 e. The highest BCUT2D eigenvalue weighted by Gasteiger charge is 2.05. The average molecular weight is 278 g/mol. The van der Waals surface area contributed by atoms with Crippen LogP contribution < -0.4 is 5.32 Å². The Bertz CT molecular complexity index is 405.